The maximum atomic E-state index is 12.3. The number of halogens is 1. The van der Waals surface area contributed by atoms with Crippen molar-refractivity contribution in [3.05, 3.63) is 53.3 Å². The number of rotatable bonds is 5. The quantitative estimate of drug-likeness (QED) is 0.873. The van der Waals surface area contributed by atoms with Gasteiger partial charge in [0.1, 0.15) is 0 Å². The maximum Gasteiger partial charge on any atom is 0.240 e. The number of carbonyl (C=O) groups is 1. The highest BCUT2D eigenvalue weighted by Gasteiger charge is 2.16. The van der Waals surface area contributed by atoms with E-state index in [4.69, 9.17) is 11.6 Å². The molecule has 1 heterocycles. The number of benzene rings is 1. The van der Waals surface area contributed by atoms with Gasteiger partial charge >= 0.3 is 0 Å². The lowest BCUT2D eigenvalue weighted by atomic mass is 10.3. The van der Waals surface area contributed by atoms with Gasteiger partial charge in [0.25, 0.3) is 0 Å². The van der Waals surface area contributed by atoms with Gasteiger partial charge < -0.3 is 5.32 Å². The highest BCUT2D eigenvalue weighted by molar-refractivity contribution is 7.89. The molecule has 2 N–H and O–H groups in total. The van der Waals surface area contributed by atoms with Crippen LogP contribution in [0.15, 0.2) is 47.6 Å². The molecule has 116 valence electrons. The second-order valence-electron chi connectivity index (χ2n) is 4.51. The van der Waals surface area contributed by atoms with E-state index in [0.29, 0.717) is 0 Å². The van der Waals surface area contributed by atoms with E-state index in [1.807, 2.05) is 0 Å². The number of pyridine rings is 1. The van der Waals surface area contributed by atoms with Crippen LogP contribution in [0.25, 0.3) is 0 Å². The Morgan fingerprint density at radius 1 is 1.32 bits per heavy atom. The molecule has 8 heteroatoms. The fourth-order valence-corrected chi connectivity index (χ4v) is 2.93. The summed E-state index contributed by atoms with van der Waals surface area (Å²) in [4.78, 5) is 15.0. The summed E-state index contributed by atoms with van der Waals surface area (Å²) in [7, 11) is -3.72. The van der Waals surface area contributed by atoms with Crippen LogP contribution in [-0.4, -0.2) is 19.3 Å². The minimum absolute atomic E-state index is 0.0181. The van der Waals surface area contributed by atoms with Crippen molar-refractivity contribution in [1.29, 1.82) is 0 Å². The van der Waals surface area contributed by atoms with Gasteiger partial charge in [0.05, 0.1) is 15.6 Å². The highest BCUT2D eigenvalue weighted by Crippen LogP contribution is 2.25. The standard InChI is InChI=1S/C14H14ClN3O3S/c1-10(19)18-14-7-12(4-5-13(14)15)22(20,21)17-9-11-3-2-6-16-8-11/h2-8,17H,9H2,1H3,(H,18,19). The first-order valence-corrected chi connectivity index (χ1v) is 8.20. The molecule has 0 saturated carbocycles. The summed E-state index contributed by atoms with van der Waals surface area (Å²) in [5.74, 6) is -0.334. The number of sulfonamides is 1. The first kappa shape index (κ1) is 16.4. The second-order valence-corrected chi connectivity index (χ2v) is 6.68. The molecule has 0 aliphatic rings. The van der Waals surface area contributed by atoms with Gasteiger partial charge in [-0.05, 0) is 29.8 Å². The van der Waals surface area contributed by atoms with Crippen LogP contribution in [0.4, 0.5) is 5.69 Å². The summed E-state index contributed by atoms with van der Waals surface area (Å²) in [5.41, 5.74) is 0.987. The van der Waals surface area contributed by atoms with Crippen molar-refractivity contribution < 1.29 is 13.2 Å². The number of nitrogens with zero attached hydrogens (tertiary/aromatic N) is 1. The summed E-state index contributed by atoms with van der Waals surface area (Å²) >= 11 is 5.93. The largest absolute Gasteiger partial charge is 0.325 e. The van der Waals surface area contributed by atoms with Crippen molar-refractivity contribution in [2.45, 2.75) is 18.4 Å². The number of amides is 1. The Morgan fingerprint density at radius 2 is 2.09 bits per heavy atom. The molecule has 0 saturated heterocycles. The van der Waals surface area contributed by atoms with Gasteiger partial charge in [0.2, 0.25) is 15.9 Å². The Hall–Kier alpha value is -1.96. The van der Waals surface area contributed by atoms with E-state index < -0.39 is 10.0 Å². The van der Waals surface area contributed by atoms with Gasteiger partial charge in [-0.3, -0.25) is 9.78 Å². The molecule has 22 heavy (non-hydrogen) atoms. The Balaban J connectivity index is 2.20. The predicted octanol–water partition coefficient (Wildman–Crippen LogP) is 2.17. The molecule has 6 nitrogen and oxygen atoms in total. The van der Waals surface area contributed by atoms with E-state index in [1.165, 1.54) is 25.1 Å². The summed E-state index contributed by atoms with van der Waals surface area (Å²) in [6, 6.07) is 7.60. The Kier molecular flexibility index (Phi) is 5.12. The van der Waals surface area contributed by atoms with Gasteiger partial charge in [-0.25, -0.2) is 13.1 Å². The van der Waals surface area contributed by atoms with Crippen molar-refractivity contribution in [3.8, 4) is 0 Å². The van der Waals surface area contributed by atoms with E-state index in [1.54, 1.807) is 24.5 Å². The van der Waals surface area contributed by atoms with Crippen LogP contribution in [0.5, 0.6) is 0 Å². The number of hydrogen-bond acceptors (Lipinski definition) is 4. The van der Waals surface area contributed by atoms with Crippen LogP contribution in [-0.2, 0) is 21.4 Å². The van der Waals surface area contributed by atoms with Crippen molar-refractivity contribution in [2.24, 2.45) is 0 Å². The third-order valence-electron chi connectivity index (χ3n) is 2.75. The smallest absolute Gasteiger partial charge is 0.240 e. The third kappa shape index (κ3) is 4.27. The molecule has 2 aromatic rings. The maximum absolute atomic E-state index is 12.3. The van der Waals surface area contributed by atoms with E-state index in [-0.39, 0.29) is 28.1 Å². The van der Waals surface area contributed by atoms with Gasteiger partial charge in [-0.1, -0.05) is 17.7 Å². The molecule has 0 aliphatic carbocycles. The number of carbonyl (C=O) groups excluding carboxylic acids is 1. The van der Waals surface area contributed by atoms with Crippen LogP contribution >= 0.6 is 11.6 Å². The summed E-state index contributed by atoms with van der Waals surface area (Å²) < 4.78 is 27.0. The molecule has 1 aromatic carbocycles. The molecular weight excluding hydrogens is 326 g/mol. The summed E-state index contributed by atoms with van der Waals surface area (Å²) in [6.07, 6.45) is 3.18. The van der Waals surface area contributed by atoms with Crippen molar-refractivity contribution in [3.63, 3.8) is 0 Å². The fourth-order valence-electron chi connectivity index (χ4n) is 1.72. The fraction of sp³-hybridized carbons (Fsp3) is 0.143. The number of aromatic nitrogens is 1. The Bertz CT molecular complexity index is 779. The van der Waals surface area contributed by atoms with Crippen LogP contribution in [0, 0.1) is 0 Å². The zero-order valence-corrected chi connectivity index (χ0v) is 13.3. The lowest BCUT2D eigenvalue weighted by Crippen LogP contribution is -2.23. The van der Waals surface area contributed by atoms with E-state index in [2.05, 4.69) is 15.0 Å². The number of nitrogens with one attached hydrogen (secondary N) is 2. The lowest BCUT2D eigenvalue weighted by molar-refractivity contribution is -0.114. The van der Waals surface area contributed by atoms with Crippen LogP contribution in [0.1, 0.15) is 12.5 Å². The van der Waals surface area contributed by atoms with Gasteiger partial charge in [0, 0.05) is 25.9 Å². The zero-order chi connectivity index (χ0) is 16.2. The average Bonchev–Trinajstić information content (AvgIpc) is 2.48. The zero-order valence-electron chi connectivity index (χ0n) is 11.7. The first-order chi connectivity index (χ1) is 10.4. The topological polar surface area (TPSA) is 88.2 Å². The average molecular weight is 340 g/mol. The molecule has 1 amide bonds. The SMILES string of the molecule is CC(=O)Nc1cc(S(=O)(=O)NCc2cccnc2)ccc1Cl. The Labute approximate surface area is 133 Å². The van der Waals surface area contributed by atoms with E-state index in [9.17, 15) is 13.2 Å². The number of hydrogen-bond donors (Lipinski definition) is 2. The van der Waals surface area contributed by atoms with Gasteiger partial charge in [0.15, 0.2) is 0 Å². The van der Waals surface area contributed by atoms with Crippen molar-refractivity contribution >= 4 is 33.2 Å². The van der Waals surface area contributed by atoms with E-state index in [0.717, 1.165) is 5.56 Å². The van der Waals surface area contributed by atoms with Gasteiger partial charge in [-0.15, -0.1) is 0 Å². The minimum Gasteiger partial charge on any atom is -0.325 e. The summed E-state index contributed by atoms with van der Waals surface area (Å²) in [6.45, 7) is 1.44. The second kappa shape index (κ2) is 6.87. The lowest BCUT2D eigenvalue weighted by Gasteiger charge is -2.10. The predicted molar refractivity (Wildman–Crippen MR) is 84.0 cm³/mol. The van der Waals surface area contributed by atoms with Crippen molar-refractivity contribution in [2.75, 3.05) is 5.32 Å². The monoisotopic (exact) mass is 339 g/mol. The third-order valence-corrected chi connectivity index (χ3v) is 4.48. The molecule has 0 fully saturated rings. The highest BCUT2D eigenvalue weighted by atomic mass is 35.5. The summed E-state index contributed by atoms with van der Waals surface area (Å²) in [5, 5.41) is 2.75. The molecule has 0 radical (unpaired) electrons. The normalized spacial score (nSPS) is 11.2. The molecular formula is C14H14ClN3O3S. The molecule has 2 rings (SSSR count). The molecule has 0 aliphatic heterocycles. The molecule has 0 unspecified atom stereocenters. The molecule has 0 atom stereocenters. The van der Waals surface area contributed by atoms with Crippen LogP contribution < -0.4 is 10.0 Å². The molecule has 0 bridgehead atoms. The van der Waals surface area contributed by atoms with Crippen molar-refractivity contribution in [1.82, 2.24) is 9.71 Å². The minimum atomic E-state index is -3.72. The first-order valence-electron chi connectivity index (χ1n) is 6.34. The Morgan fingerprint density at radius 3 is 2.73 bits per heavy atom. The van der Waals surface area contributed by atoms with Gasteiger partial charge in [-0.2, -0.15) is 0 Å². The van der Waals surface area contributed by atoms with Crippen LogP contribution in [0.2, 0.25) is 5.02 Å². The number of anilines is 1. The van der Waals surface area contributed by atoms with E-state index >= 15 is 0 Å². The molecule has 0 spiro atoms. The molecule has 1 aromatic heterocycles. The van der Waals surface area contributed by atoms with Crippen LogP contribution in [0.3, 0.4) is 0 Å².